The number of phenols is 1. The van der Waals surface area contributed by atoms with Crippen LogP contribution in [-0.2, 0) is 0 Å². The van der Waals surface area contributed by atoms with Gasteiger partial charge in [0.2, 0.25) is 0 Å². The van der Waals surface area contributed by atoms with Gasteiger partial charge in [0.25, 0.3) is 0 Å². The minimum Gasteiger partial charge on any atom is -0.504 e. The van der Waals surface area contributed by atoms with Gasteiger partial charge in [0.15, 0.2) is 11.5 Å². The van der Waals surface area contributed by atoms with E-state index in [4.69, 9.17) is 4.74 Å². The predicted octanol–water partition coefficient (Wildman–Crippen LogP) is 3.17. The van der Waals surface area contributed by atoms with Gasteiger partial charge in [-0.15, -0.1) is 0 Å². The average Bonchev–Trinajstić information content (AvgIpc) is 1.94. The van der Waals surface area contributed by atoms with E-state index in [9.17, 15) is 5.11 Å². The molecule has 0 amide bonds. The van der Waals surface area contributed by atoms with Gasteiger partial charge in [-0.2, -0.15) is 0 Å². The lowest BCUT2D eigenvalue weighted by Crippen LogP contribution is -2.23. The number of ether oxygens (including phenoxy) is 1. The van der Waals surface area contributed by atoms with Crippen LogP contribution >= 0.6 is 22.6 Å². The van der Waals surface area contributed by atoms with E-state index < -0.39 is 0 Å². The van der Waals surface area contributed by atoms with Crippen LogP contribution in [0.5, 0.6) is 11.5 Å². The van der Waals surface area contributed by atoms with Crippen LogP contribution in [0.3, 0.4) is 0 Å². The first-order valence-corrected chi connectivity index (χ1v) is 5.14. The van der Waals surface area contributed by atoms with Crippen LogP contribution < -0.4 is 4.74 Å². The number of phenolic OH excluding ortho intramolecular Hbond substituents is 1. The standard InChI is InChI=1S/C10H13IO2/c1-10(2,3)13-9-6-7(11)4-5-8(9)12/h4-6,12H,1-3H3. The van der Waals surface area contributed by atoms with Crippen molar-refractivity contribution in [3.63, 3.8) is 0 Å². The minimum atomic E-state index is -0.276. The van der Waals surface area contributed by atoms with Gasteiger partial charge >= 0.3 is 0 Å². The molecular weight excluding hydrogens is 279 g/mol. The van der Waals surface area contributed by atoms with Crippen LogP contribution in [0, 0.1) is 3.57 Å². The predicted molar refractivity (Wildman–Crippen MR) is 61.2 cm³/mol. The highest BCUT2D eigenvalue weighted by molar-refractivity contribution is 14.1. The Kier molecular flexibility index (Phi) is 3.05. The third-order valence-electron chi connectivity index (χ3n) is 1.34. The van der Waals surface area contributed by atoms with Crippen molar-refractivity contribution in [3.05, 3.63) is 21.8 Å². The SMILES string of the molecule is CC(C)(C)Oc1cc(I)ccc1O. The summed E-state index contributed by atoms with van der Waals surface area (Å²) in [6.45, 7) is 5.85. The highest BCUT2D eigenvalue weighted by atomic mass is 127. The molecule has 1 N–H and O–H groups in total. The number of benzene rings is 1. The van der Waals surface area contributed by atoms with Gasteiger partial charge in [-0.3, -0.25) is 0 Å². The Bertz CT molecular complexity index is 302. The molecule has 0 atom stereocenters. The summed E-state index contributed by atoms with van der Waals surface area (Å²) in [5.74, 6) is 0.731. The van der Waals surface area contributed by atoms with Crippen molar-refractivity contribution >= 4 is 22.6 Å². The third kappa shape index (κ3) is 3.42. The highest BCUT2D eigenvalue weighted by Crippen LogP contribution is 2.30. The Morgan fingerprint density at radius 2 is 1.92 bits per heavy atom. The summed E-state index contributed by atoms with van der Waals surface area (Å²) >= 11 is 2.18. The van der Waals surface area contributed by atoms with Gasteiger partial charge < -0.3 is 9.84 Å². The molecule has 0 aliphatic rings. The Morgan fingerprint density at radius 3 is 2.46 bits per heavy atom. The molecule has 0 heterocycles. The Morgan fingerprint density at radius 1 is 1.31 bits per heavy atom. The molecule has 0 spiro atoms. The first kappa shape index (κ1) is 10.6. The molecule has 0 saturated heterocycles. The molecule has 13 heavy (non-hydrogen) atoms. The Hall–Kier alpha value is -0.450. The van der Waals surface area contributed by atoms with Crippen molar-refractivity contribution in [3.8, 4) is 11.5 Å². The van der Waals surface area contributed by atoms with Gasteiger partial charge in [-0.25, -0.2) is 0 Å². The minimum absolute atomic E-state index is 0.190. The molecule has 72 valence electrons. The quantitative estimate of drug-likeness (QED) is 0.806. The fraction of sp³-hybridized carbons (Fsp3) is 0.400. The van der Waals surface area contributed by atoms with Gasteiger partial charge in [0.05, 0.1) is 0 Å². The van der Waals surface area contributed by atoms with Crippen LogP contribution in [-0.4, -0.2) is 10.7 Å². The zero-order valence-corrected chi connectivity index (χ0v) is 10.1. The van der Waals surface area contributed by atoms with Crippen molar-refractivity contribution in [2.75, 3.05) is 0 Å². The largest absolute Gasteiger partial charge is 0.504 e. The molecule has 0 saturated carbocycles. The van der Waals surface area contributed by atoms with Crippen molar-refractivity contribution in [1.29, 1.82) is 0 Å². The number of rotatable bonds is 1. The van der Waals surface area contributed by atoms with Gasteiger partial charge in [-0.1, -0.05) is 0 Å². The lowest BCUT2D eigenvalue weighted by atomic mass is 10.2. The maximum absolute atomic E-state index is 9.47. The van der Waals surface area contributed by atoms with Crippen molar-refractivity contribution in [1.82, 2.24) is 0 Å². The Balaban J connectivity index is 2.94. The molecule has 0 fully saturated rings. The maximum atomic E-state index is 9.47. The summed E-state index contributed by atoms with van der Waals surface area (Å²) in [5.41, 5.74) is -0.276. The van der Waals surface area contributed by atoms with Gasteiger partial charge in [-0.05, 0) is 61.6 Å². The van der Waals surface area contributed by atoms with E-state index in [1.54, 1.807) is 6.07 Å². The van der Waals surface area contributed by atoms with E-state index in [-0.39, 0.29) is 11.4 Å². The molecule has 1 aromatic rings. The second-order valence-corrected chi connectivity index (χ2v) is 5.07. The monoisotopic (exact) mass is 292 g/mol. The van der Waals surface area contributed by atoms with Gasteiger partial charge in [0, 0.05) is 3.57 Å². The van der Waals surface area contributed by atoms with Crippen LogP contribution in [0.25, 0.3) is 0 Å². The number of hydrogen-bond donors (Lipinski definition) is 1. The molecule has 3 heteroatoms. The summed E-state index contributed by atoms with van der Waals surface area (Å²) in [5, 5.41) is 9.47. The van der Waals surface area contributed by atoms with Gasteiger partial charge in [0.1, 0.15) is 5.60 Å². The molecule has 0 bridgehead atoms. The van der Waals surface area contributed by atoms with Crippen LogP contribution in [0.4, 0.5) is 0 Å². The first-order valence-electron chi connectivity index (χ1n) is 4.06. The van der Waals surface area contributed by atoms with Crippen molar-refractivity contribution < 1.29 is 9.84 Å². The number of aromatic hydroxyl groups is 1. The van der Waals surface area contributed by atoms with E-state index in [1.807, 2.05) is 32.9 Å². The zero-order valence-electron chi connectivity index (χ0n) is 7.97. The molecule has 0 aromatic heterocycles. The third-order valence-corrected chi connectivity index (χ3v) is 2.01. The van der Waals surface area contributed by atoms with Crippen LogP contribution in [0.15, 0.2) is 18.2 Å². The molecule has 0 aliphatic heterocycles. The highest BCUT2D eigenvalue weighted by Gasteiger charge is 2.14. The fourth-order valence-electron chi connectivity index (χ4n) is 0.900. The number of halogens is 1. The molecule has 1 rings (SSSR count). The molecule has 0 radical (unpaired) electrons. The summed E-state index contributed by atoms with van der Waals surface area (Å²) < 4.78 is 6.61. The fourth-order valence-corrected chi connectivity index (χ4v) is 1.36. The lowest BCUT2D eigenvalue weighted by Gasteiger charge is -2.21. The molecule has 0 aliphatic carbocycles. The second-order valence-electron chi connectivity index (χ2n) is 3.83. The van der Waals surface area contributed by atoms with Crippen LogP contribution in [0.1, 0.15) is 20.8 Å². The lowest BCUT2D eigenvalue weighted by molar-refractivity contribution is 0.126. The van der Waals surface area contributed by atoms with Crippen molar-refractivity contribution in [2.45, 2.75) is 26.4 Å². The summed E-state index contributed by atoms with van der Waals surface area (Å²) in [4.78, 5) is 0. The van der Waals surface area contributed by atoms with Crippen LogP contribution in [0.2, 0.25) is 0 Å². The molecular formula is C10H13IO2. The average molecular weight is 292 g/mol. The van der Waals surface area contributed by atoms with E-state index in [0.29, 0.717) is 5.75 Å². The normalized spacial score (nSPS) is 11.4. The second kappa shape index (κ2) is 3.74. The molecule has 2 nitrogen and oxygen atoms in total. The summed E-state index contributed by atoms with van der Waals surface area (Å²) in [6, 6.07) is 5.30. The first-order chi connectivity index (χ1) is 5.88. The molecule has 0 unspecified atom stereocenters. The van der Waals surface area contributed by atoms with E-state index in [0.717, 1.165) is 3.57 Å². The smallest absolute Gasteiger partial charge is 0.162 e. The maximum Gasteiger partial charge on any atom is 0.162 e. The summed E-state index contributed by atoms with van der Waals surface area (Å²) in [6.07, 6.45) is 0. The van der Waals surface area contributed by atoms with E-state index >= 15 is 0 Å². The van der Waals surface area contributed by atoms with E-state index in [2.05, 4.69) is 22.6 Å². The number of hydrogen-bond acceptors (Lipinski definition) is 2. The topological polar surface area (TPSA) is 29.5 Å². The van der Waals surface area contributed by atoms with Crippen molar-refractivity contribution in [2.24, 2.45) is 0 Å². The zero-order chi connectivity index (χ0) is 10.1. The summed E-state index contributed by atoms with van der Waals surface area (Å²) in [7, 11) is 0. The molecule has 1 aromatic carbocycles. The van der Waals surface area contributed by atoms with E-state index in [1.165, 1.54) is 0 Å². The Labute approximate surface area is 92.1 Å².